The smallest absolute Gasteiger partial charge is 0.251 e. The molecular formula is C21H25N5O3S. The summed E-state index contributed by atoms with van der Waals surface area (Å²) in [4.78, 5) is 21.7. The van der Waals surface area contributed by atoms with Crippen molar-refractivity contribution in [1.29, 1.82) is 0 Å². The van der Waals surface area contributed by atoms with Crippen molar-refractivity contribution in [1.82, 2.24) is 19.7 Å². The highest BCUT2D eigenvalue weighted by atomic mass is 32.1. The van der Waals surface area contributed by atoms with E-state index in [2.05, 4.69) is 10.00 Å². The van der Waals surface area contributed by atoms with Crippen LogP contribution < -0.4 is 9.64 Å². The average Bonchev–Trinajstić information content (AvgIpc) is 3.52. The number of anilines is 1. The number of ether oxygens (including phenoxy) is 2. The summed E-state index contributed by atoms with van der Waals surface area (Å²) in [6.07, 6.45) is 1.59. The van der Waals surface area contributed by atoms with Gasteiger partial charge in [-0.25, -0.2) is 4.68 Å². The van der Waals surface area contributed by atoms with E-state index in [1.165, 1.54) is 0 Å². The molecular weight excluding hydrogens is 402 g/mol. The first-order chi connectivity index (χ1) is 14.6. The molecule has 2 saturated heterocycles. The largest absolute Gasteiger partial charge is 0.497 e. The fourth-order valence-electron chi connectivity index (χ4n) is 4.06. The lowest BCUT2D eigenvalue weighted by molar-refractivity contribution is -0.141. The van der Waals surface area contributed by atoms with Gasteiger partial charge < -0.3 is 19.3 Å². The van der Waals surface area contributed by atoms with Crippen LogP contribution in [0.3, 0.4) is 0 Å². The zero-order valence-corrected chi connectivity index (χ0v) is 18.0. The number of carbonyl (C=O) groups excluding carboxylic acids is 1. The molecule has 5 rings (SSSR count). The van der Waals surface area contributed by atoms with Gasteiger partial charge in [-0.05, 0) is 44.0 Å². The molecule has 0 radical (unpaired) electrons. The molecule has 4 heterocycles. The predicted octanol–water partition coefficient (Wildman–Crippen LogP) is 2.63. The van der Waals surface area contributed by atoms with Crippen LogP contribution in [0.4, 0.5) is 5.13 Å². The van der Waals surface area contributed by atoms with Crippen LogP contribution in [0.1, 0.15) is 18.5 Å². The summed E-state index contributed by atoms with van der Waals surface area (Å²) in [6, 6.07) is 7.82. The van der Waals surface area contributed by atoms with Gasteiger partial charge in [0.1, 0.15) is 11.9 Å². The number of benzene rings is 1. The van der Waals surface area contributed by atoms with E-state index in [-0.39, 0.29) is 12.0 Å². The number of aryl methyl sites for hydroxylation is 1. The molecule has 0 N–H and O–H groups in total. The van der Waals surface area contributed by atoms with Crippen molar-refractivity contribution in [3.8, 4) is 11.4 Å². The lowest BCUT2D eigenvalue weighted by Crippen LogP contribution is -2.51. The molecule has 1 atom stereocenters. The molecule has 2 aliphatic rings. The van der Waals surface area contributed by atoms with E-state index in [9.17, 15) is 4.79 Å². The molecule has 2 aliphatic heterocycles. The SMILES string of the molecule is COc1ccc(-n2nc(C)c3sc(N4CCN(C(=O)[C@H]5CCCO5)CC4)nc32)cc1. The van der Waals surface area contributed by atoms with Crippen molar-refractivity contribution in [3.63, 3.8) is 0 Å². The number of rotatable bonds is 4. The van der Waals surface area contributed by atoms with E-state index in [0.717, 1.165) is 58.5 Å². The summed E-state index contributed by atoms with van der Waals surface area (Å²) in [7, 11) is 1.66. The molecule has 0 spiro atoms. The number of nitrogens with zero attached hydrogens (tertiary/aromatic N) is 5. The van der Waals surface area contributed by atoms with E-state index in [0.29, 0.717) is 19.7 Å². The first kappa shape index (κ1) is 19.3. The summed E-state index contributed by atoms with van der Waals surface area (Å²) in [5.74, 6) is 0.954. The number of piperazine rings is 1. The zero-order chi connectivity index (χ0) is 20.7. The van der Waals surface area contributed by atoms with Crippen LogP contribution in [0.5, 0.6) is 5.75 Å². The van der Waals surface area contributed by atoms with E-state index in [1.807, 2.05) is 40.8 Å². The molecule has 2 aromatic heterocycles. The van der Waals surface area contributed by atoms with E-state index in [1.54, 1.807) is 18.4 Å². The van der Waals surface area contributed by atoms with Crippen molar-refractivity contribution >= 4 is 32.7 Å². The minimum absolute atomic E-state index is 0.141. The molecule has 1 amide bonds. The molecule has 30 heavy (non-hydrogen) atoms. The van der Waals surface area contributed by atoms with Gasteiger partial charge in [-0.2, -0.15) is 10.1 Å². The number of methoxy groups -OCH3 is 1. The van der Waals surface area contributed by atoms with Crippen LogP contribution in [0.2, 0.25) is 0 Å². The maximum atomic E-state index is 12.6. The Morgan fingerprint density at radius 2 is 1.97 bits per heavy atom. The molecule has 0 bridgehead atoms. The monoisotopic (exact) mass is 427 g/mol. The Balaban J connectivity index is 1.34. The van der Waals surface area contributed by atoms with Crippen LogP contribution >= 0.6 is 11.3 Å². The van der Waals surface area contributed by atoms with Crippen molar-refractivity contribution in [2.45, 2.75) is 25.9 Å². The number of aromatic nitrogens is 3. The molecule has 2 fully saturated rings. The van der Waals surface area contributed by atoms with Gasteiger partial charge in [-0.3, -0.25) is 4.79 Å². The molecule has 158 valence electrons. The molecule has 1 aromatic carbocycles. The van der Waals surface area contributed by atoms with Gasteiger partial charge in [0.2, 0.25) is 0 Å². The van der Waals surface area contributed by atoms with Crippen LogP contribution in [-0.4, -0.2) is 71.6 Å². The summed E-state index contributed by atoms with van der Waals surface area (Å²) >= 11 is 1.67. The number of thiazole rings is 1. The van der Waals surface area contributed by atoms with Crippen LogP contribution in [0.15, 0.2) is 24.3 Å². The van der Waals surface area contributed by atoms with Crippen molar-refractivity contribution < 1.29 is 14.3 Å². The summed E-state index contributed by atoms with van der Waals surface area (Å²) in [5.41, 5.74) is 2.80. The van der Waals surface area contributed by atoms with Gasteiger partial charge in [0.25, 0.3) is 5.91 Å². The standard InChI is InChI=1S/C21H25N5O3S/c1-14-18-19(26(23-14)15-5-7-16(28-2)8-6-15)22-21(30-18)25-11-9-24(10-12-25)20(27)17-4-3-13-29-17/h5-8,17H,3-4,9-13H2,1-2H3/t17-/m1/s1. The Hall–Kier alpha value is -2.65. The lowest BCUT2D eigenvalue weighted by Gasteiger charge is -2.35. The van der Waals surface area contributed by atoms with Crippen molar-refractivity contribution in [2.75, 3.05) is 44.8 Å². The number of fused-ring (bicyclic) bond motifs is 1. The minimum Gasteiger partial charge on any atom is -0.497 e. The molecule has 3 aromatic rings. The predicted molar refractivity (Wildman–Crippen MR) is 116 cm³/mol. The van der Waals surface area contributed by atoms with E-state index in [4.69, 9.17) is 14.5 Å². The quantitative estimate of drug-likeness (QED) is 0.637. The summed E-state index contributed by atoms with van der Waals surface area (Å²) in [6.45, 7) is 5.69. The second kappa shape index (κ2) is 7.88. The first-order valence-electron chi connectivity index (χ1n) is 10.3. The molecule has 9 heteroatoms. The lowest BCUT2D eigenvalue weighted by atomic mass is 10.2. The Labute approximate surface area is 179 Å². The molecule has 0 saturated carbocycles. The fraction of sp³-hybridized carbons (Fsp3) is 0.476. The molecule has 0 aliphatic carbocycles. The Bertz CT molecular complexity index is 1050. The minimum atomic E-state index is -0.239. The normalized spacial score (nSPS) is 19.6. The fourth-order valence-corrected chi connectivity index (χ4v) is 5.09. The van der Waals surface area contributed by atoms with Crippen LogP contribution in [0.25, 0.3) is 16.0 Å². The van der Waals surface area contributed by atoms with Crippen LogP contribution in [-0.2, 0) is 9.53 Å². The maximum Gasteiger partial charge on any atom is 0.251 e. The van der Waals surface area contributed by atoms with Crippen molar-refractivity contribution in [3.05, 3.63) is 30.0 Å². The highest BCUT2D eigenvalue weighted by molar-refractivity contribution is 7.22. The average molecular weight is 428 g/mol. The van der Waals surface area contributed by atoms with Gasteiger partial charge in [0.05, 0.1) is 23.2 Å². The summed E-state index contributed by atoms with van der Waals surface area (Å²) < 4.78 is 13.8. The number of amides is 1. The topological polar surface area (TPSA) is 72.7 Å². The van der Waals surface area contributed by atoms with Gasteiger partial charge in [0, 0.05) is 32.8 Å². The third-order valence-electron chi connectivity index (χ3n) is 5.76. The number of hydrogen-bond donors (Lipinski definition) is 0. The Morgan fingerprint density at radius 1 is 1.20 bits per heavy atom. The van der Waals surface area contributed by atoms with Crippen molar-refractivity contribution in [2.24, 2.45) is 0 Å². The van der Waals surface area contributed by atoms with Gasteiger partial charge in [-0.1, -0.05) is 11.3 Å². The van der Waals surface area contributed by atoms with Crippen LogP contribution in [0, 0.1) is 6.92 Å². The maximum absolute atomic E-state index is 12.6. The first-order valence-corrected chi connectivity index (χ1v) is 11.1. The third kappa shape index (κ3) is 3.41. The van der Waals surface area contributed by atoms with Gasteiger partial charge >= 0.3 is 0 Å². The third-order valence-corrected chi connectivity index (χ3v) is 6.98. The Kier molecular flexibility index (Phi) is 5.08. The highest BCUT2D eigenvalue weighted by Crippen LogP contribution is 2.33. The number of carbonyl (C=O) groups is 1. The van der Waals surface area contributed by atoms with E-state index < -0.39 is 0 Å². The second-order valence-corrected chi connectivity index (χ2v) is 8.64. The Morgan fingerprint density at radius 3 is 2.63 bits per heavy atom. The second-order valence-electron chi connectivity index (χ2n) is 7.66. The molecule has 0 unspecified atom stereocenters. The highest BCUT2D eigenvalue weighted by Gasteiger charge is 2.31. The van der Waals surface area contributed by atoms with E-state index >= 15 is 0 Å². The summed E-state index contributed by atoms with van der Waals surface area (Å²) in [5, 5.41) is 5.66. The van der Waals surface area contributed by atoms with Gasteiger partial charge in [-0.15, -0.1) is 0 Å². The zero-order valence-electron chi connectivity index (χ0n) is 17.2. The number of hydrogen-bond acceptors (Lipinski definition) is 7. The van der Waals surface area contributed by atoms with Gasteiger partial charge in [0.15, 0.2) is 10.8 Å². The molecule has 8 nitrogen and oxygen atoms in total.